The molecular formula is C17H19NO6S. The number of thioether (sulfide) groups is 1. The quantitative estimate of drug-likeness (QED) is 0.742. The third kappa shape index (κ3) is 4.33. The molecule has 7 nitrogen and oxygen atoms in total. The Labute approximate surface area is 149 Å². The standard InChI is InChI=1S/C17H19NO6S/c1-4-7-18-15(19)14(25-17(18)22)9-11-5-6-12(13(8-11)23-3)24-10(2)16(20)21/h5-6,8-10H,4,7H2,1-3H3,(H,20,21)/b14-9+/t10-/m1/s1. The van der Waals surface area contributed by atoms with Crippen LogP contribution in [0.25, 0.3) is 6.08 Å². The smallest absolute Gasteiger partial charge is 0.344 e. The minimum atomic E-state index is -1.09. The number of hydrogen-bond donors (Lipinski definition) is 1. The molecule has 1 saturated heterocycles. The lowest BCUT2D eigenvalue weighted by Gasteiger charge is -2.14. The maximum atomic E-state index is 12.2. The van der Waals surface area contributed by atoms with Gasteiger partial charge in [-0.25, -0.2) is 4.79 Å². The van der Waals surface area contributed by atoms with Gasteiger partial charge in [0.1, 0.15) is 0 Å². The van der Waals surface area contributed by atoms with Crippen molar-refractivity contribution in [2.75, 3.05) is 13.7 Å². The lowest BCUT2D eigenvalue weighted by molar-refractivity contribution is -0.144. The Morgan fingerprint density at radius 1 is 1.36 bits per heavy atom. The molecule has 1 aromatic carbocycles. The zero-order valence-corrected chi connectivity index (χ0v) is 15.0. The van der Waals surface area contributed by atoms with Gasteiger partial charge in [0.15, 0.2) is 17.6 Å². The van der Waals surface area contributed by atoms with Gasteiger partial charge in [0.25, 0.3) is 11.1 Å². The Balaban J connectivity index is 2.25. The van der Waals surface area contributed by atoms with Gasteiger partial charge in [-0.3, -0.25) is 14.5 Å². The maximum Gasteiger partial charge on any atom is 0.344 e. The number of rotatable bonds is 7. The van der Waals surface area contributed by atoms with Crippen molar-refractivity contribution in [3.63, 3.8) is 0 Å². The molecule has 1 aromatic rings. The van der Waals surface area contributed by atoms with Gasteiger partial charge in [0.2, 0.25) is 0 Å². The van der Waals surface area contributed by atoms with Crippen LogP contribution >= 0.6 is 11.8 Å². The average molecular weight is 365 g/mol. The Morgan fingerprint density at radius 2 is 2.08 bits per heavy atom. The molecule has 2 rings (SSSR count). The summed E-state index contributed by atoms with van der Waals surface area (Å²) < 4.78 is 10.6. The number of nitrogens with zero attached hydrogens (tertiary/aromatic N) is 1. The van der Waals surface area contributed by atoms with Gasteiger partial charge < -0.3 is 14.6 Å². The fourth-order valence-corrected chi connectivity index (χ4v) is 3.04. The maximum absolute atomic E-state index is 12.2. The summed E-state index contributed by atoms with van der Waals surface area (Å²) in [6.07, 6.45) is 1.28. The summed E-state index contributed by atoms with van der Waals surface area (Å²) in [7, 11) is 1.44. The van der Waals surface area contributed by atoms with Crippen molar-refractivity contribution >= 4 is 35.0 Å². The Hall–Kier alpha value is -2.48. The number of amides is 2. The minimum Gasteiger partial charge on any atom is -0.493 e. The SMILES string of the molecule is CCCN1C(=O)S/C(=C/c2ccc(O[C@H](C)C(=O)O)c(OC)c2)C1=O. The first kappa shape index (κ1) is 18.9. The highest BCUT2D eigenvalue weighted by molar-refractivity contribution is 8.18. The number of methoxy groups -OCH3 is 1. The lowest BCUT2D eigenvalue weighted by Crippen LogP contribution is -2.28. The van der Waals surface area contributed by atoms with Crippen LogP contribution in [0.2, 0.25) is 0 Å². The number of carbonyl (C=O) groups is 3. The summed E-state index contributed by atoms with van der Waals surface area (Å²) in [5.41, 5.74) is 0.647. The normalized spacial score (nSPS) is 17.1. The molecule has 1 atom stereocenters. The van der Waals surface area contributed by atoms with Crippen LogP contribution in [0.4, 0.5) is 4.79 Å². The highest BCUT2D eigenvalue weighted by Crippen LogP contribution is 2.34. The molecule has 1 aliphatic heterocycles. The molecule has 2 amide bonds. The van der Waals surface area contributed by atoms with E-state index < -0.39 is 12.1 Å². The first-order valence-electron chi connectivity index (χ1n) is 7.70. The first-order chi connectivity index (χ1) is 11.9. The third-order valence-electron chi connectivity index (χ3n) is 3.46. The fraction of sp³-hybridized carbons (Fsp3) is 0.353. The van der Waals surface area contributed by atoms with Crippen LogP contribution in [0.15, 0.2) is 23.1 Å². The van der Waals surface area contributed by atoms with E-state index in [4.69, 9.17) is 14.6 Å². The molecule has 1 aliphatic rings. The van der Waals surface area contributed by atoms with Crippen molar-refractivity contribution in [3.8, 4) is 11.5 Å². The van der Waals surface area contributed by atoms with Crippen molar-refractivity contribution in [3.05, 3.63) is 28.7 Å². The van der Waals surface area contributed by atoms with E-state index in [0.29, 0.717) is 29.2 Å². The van der Waals surface area contributed by atoms with E-state index in [-0.39, 0.29) is 16.9 Å². The molecule has 1 N–H and O–H groups in total. The fourth-order valence-electron chi connectivity index (χ4n) is 2.18. The molecule has 25 heavy (non-hydrogen) atoms. The monoisotopic (exact) mass is 365 g/mol. The van der Waals surface area contributed by atoms with Gasteiger partial charge in [-0.15, -0.1) is 0 Å². The average Bonchev–Trinajstić information content (AvgIpc) is 2.83. The van der Waals surface area contributed by atoms with Gasteiger partial charge in [-0.05, 0) is 48.9 Å². The van der Waals surface area contributed by atoms with Crippen molar-refractivity contribution in [2.24, 2.45) is 0 Å². The predicted octanol–water partition coefficient (Wildman–Crippen LogP) is 2.99. The molecule has 1 heterocycles. The summed E-state index contributed by atoms with van der Waals surface area (Å²) in [6, 6.07) is 4.86. The van der Waals surface area contributed by atoms with Gasteiger partial charge in [0.05, 0.1) is 12.0 Å². The summed E-state index contributed by atoms with van der Waals surface area (Å²) >= 11 is 0.898. The van der Waals surface area contributed by atoms with Crippen molar-refractivity contribution in [2.45, 2.75) is 26.4 Å². The summed E-state index contributed by atoms with van der Waals surface area (Å²) in [5.74, 6) is -0.769. The van der Waals surface area contributed by atoms with Crippen molar-refractivity contribution in [1.82, 2.24) is 4.90 Å². The number of ether oxygens (including phenoxy) is 2. The molecule has 0 saturated carbocycles. The number of imide groups is 1. The van der Waals surface area contributed by atoms with Crippen LogP contribution in [0, 0.1) is 0 Å². The zero-order valence-electron chi connectivity index (χ0n) is 14.1. The molecular weight excluding hydrogens is 346 g/mol. The summed E-state index contributed by atoms with van der Waals surface area (Å²) in [6.45, 7) is 3.71. The summed E-state index contributed by atoms with van der Waals surface area (Å²) in [4.78, 5) is 36.6. The van der Waals surface area contributed by atoms with E-state index in [0.717, 1.165) is 11.8 Å². The van der Waals surface area contributed by atoms with Gasteiger partial charge >= 0.3 is 5.97 Å². The highest BCUT2D eigenvalue weighted by atomic mass is 32.2. The van der Waals surface area contributed by atoms with Crippen molar-refractivity contribution in [1.29, 1.82) is 0 Å². The highest BCUT2D eigenvalue weighted by Gasteiger charge is 2.34. The molecule has 0 spiro atoms. The molecule has 0 aliphatic carbocycles. The molecule has 0 unspecified atom stereocenters. The lowest BCUT2D eigenvalue weighted by atomic mass is 10.1. The number of carboxylic acid groups (broad SMARTS) is 1. The predicted molar refractivity (Wildman–Crippen MR) is 93.7 cm³/mol. The Bertz CT molecular complexity index is 730. The van der Waals surface area contributed by atoms with Gasteiger partial charge in [-0.1, -0.05) is 13.0 Å². The van der Waals surface area contributed by atoms with E-state index in [1.807, 2.05) is 6.92 Å². The minimum absolute atomic E-state index is 0.277. The second kappa shape index (κ2) is 8.06. The number of hydrogen-bond acceptors (Lipinski definition) is 6. The molecule has 0 aromatic heterocycles. The van der Waals surface area contributed by atoms with Gasteiger partial charge in [-0.2, -0.15) is 0 Å². The van der Waals surface area contributed by atoms with Gasteiger partial charge in [0, 0.05) is 6.54 Å². The summed E-state index contributed by atoms with van der Waals surface area (Å²) in [5, 5.41) is 8.64. The Kier molecular flexibility index (Phi) is 6.08. The Morgan fingerprint density at radius 3 is 2.68 bits per heavy atom. The van der Waals surface area contributed by atoms with Crippen molar-refractivity contribution < 1.29 is 29.0 Å². The molecule has 0 radical (unpaired) electrons. The van der Waals surface area contributed by atoms with E-state index in [9.17, 15) is 14.4 Å². The second-order valence-corrected chi connectivity index (χ2v) is 6.34. The number of aliphatic carboxylic acids is 1. The zero-order chi connectivity index (χ0) is 18.6. The number of carboxylic acids is 1. The van der Waals surface area contributed by atoms with Crippen LogP contribution in [-0.2, 0) is 9.59 Å². The van der Waals surface area contributed by atoms with E-state index in [2.05, 4.69) is 0 Å². The topological polar surface area (TPSA) is 93.1 Å². The molecule has 1 fully saturated rings. The van der Waals surface area contributed by atoms with Crippen LogP contribution in [0.3, 0.4) is 0 Å². The number of benzene rings is 1. The molecule has 134 valence electrons. The van der Waals surface area contributed by atoms with Crippen LogP contribution in [-0.4, -0.2) is 46.9 Å². The number of carbonyl (C=O) groups excluding carboxylic acids is 2. The molecule has 0 bridgehead atoms. The van der Waals surface area contributed by atoms with E-state index >= 15 is 0 Å². The van der Waals surface area contributed by atoms with Crippen LogP contribution < -0.4 is 9.47 Å². The van der Waals surface area contributed by atoms with E-state index in [1.165, 1.54) is 18.9 Å². The van der Waals surface area contributed by atoms with E-state index in [1.54, 1.807) is 24.3 Å². The molecule has 8 heteroatoms. The van der Waals surface area contributed by atoms with Crippen LogP contribution in [0.5, 0.6) is 11.5 Å². The van der Waals surface area contributed by atoms with Crippen LogP contribution in [0.1, 0.15) is 25.8 Å². The third-order valence-corrected chi connectivity index (χ3v) is 4.37. The largest absolute Gasteiger partial charge is 0.493 e. The second-order valence-electron chi connectivity index (χ2n) is 5.34. The first-order valence-corrected chi connectivity index (χ1v) is 8.51.